The molecule has 0 aliphatic rings. The minimum Gasteiger partial charge on any atom is -0.349 e. The van der Waals surface area contributed by atoms with Crippen molar-refractivity contribution < 1.29 is 9.18 Å². The van der Waals surface area contributed by atoms with Crippen LogP contribution in [0, 0.1) is 5.82 Å². The van der Waals surface area contributed by atoms with E-state index < -0.39 is 0 Å². The molecule has 31 heavy (non-hydrogen) atoms. The summed E-state index contributed by atoms with van der Waals surface area (Å²) < 4.78 is 13.1. The zero-order valence-corrected chi connectivity index (χ0v) is 18.1. The van der Waals surface area contributed by atoms with Crippen molar-refractivity contribution in [3.8, 4) is 11.3 Å². The highest BCUT2D eigenvalue weighted by Gasteiger charge is 2.20. The molecule has 0 bridgehead atoms. The minimum atomic E-state index is -0.372. The van der Waals surface area contributed by atoms with Crippen molar-refractivity contribution in [3.05, 3.63) is 90.2 Å². The maximum absolute atomic E-state index is 13.1. The summed E-state index contributed by atoms with van der Waals surface area (Å²) in [4.78, 5) is 12.8. The van der Waals surface area contributed by atoms with E-state index in [2.05, 4.69) is 15.5 Å². The Labute approximate surface area is 184 Å². The van der Waals surface area contributed by atoms with Gasteiger partial charge < -0.3 is 5.32 Å². The van der Waals surface area contributed by atoms with Crippen LogP contribution in [0.15, 0.2) is 83.9 Å². The summed E-state index contributed by atoms with van der Waals surface area (Å²) in [5, 5.41) is 14.2. The topological polar surface area (TPSA) is 54.9 Å². The molecule has 0 radical (unpaired) electrons. The molecular weight excluding hydrogens is 409 g/mol. The van der Waals surface area contributed by atoms with Gasteiger partial charge in [-0.1, -0.05) is 78.5 Å². The fraction of sp³-hybridized carbons (Fsp3) is 0.160. The van der Waals surface area contributed by atoms with Crippen molar-refractivity contribution in [2.45, 2.75) is 30.2 Å². The van der Waals surface area contributed by atoms with Gasteiger partial charge in [0.2, 0.25) is 5.91 Å². The van der Waals surface area contributed by atoms with Crippen LogP contribution in [-0.4, -0.2) is 21.4 Å². The number of halogens is 1. The number of thioether (sulfide) groups is 1. The summed E-state index contributed by atoms with van der Waals surface area (Å²) in [6.07, 6.45) is 0. The van der Waals surface area contributed by atoms with E-state index in [9.17, 15) is 9.18 Å². The standard InChI is InChI=1S/C25H22FN3OS/c1-16(18-12-14-20(26)15-13-18)27-24(30)17(2)31-25-22-11-7-6-10-21(22)23(28-29-25)19-8-4-3-5-9-19/h3-17H,1-2H3,(H,27,30)/t16-,17-/m0/s1. The molecule has 1 heterocycles. The van der Waals surface area contributed by atoms with E-state index in [1.165, 1.54) is 23.9 Å². The number of amides is 1. The van der Waals surface area contributed by atoms with Crippen molar-refractivity contribution in [1.82, 2.24) is 15.5 Å². The minimum absolute atomic E-state index is 0.111. The average molecular weight is 432 g/mol. The van der Waals surface area contributed by atoms with E-state index in [0.717, 1.165) is 27.6 Å². The fourth-order valence-corrected chi connectivity index (χ4v) is 4.26. The van der Waals surface area contributed by atoms with Gasteiger partial charge in [0.25, 0.3) is 0 Å². The number of aromatic nitrogens is 2. The average Bonchev–Trinajstić information content (AvgIpc) is 2.80. The zero-order valence-electron chi connectivity index (χ0n) is 17.2. The Morgan fingerprint density at radius 1 is 0.871 bits per heavy atom. The summed E-state index contributed by atoms with van der Waals surface area (Å²) in [6, 6.07) is 23.8. The number of benzene rings is 3. The van der Waals surface area contributed by atoms with Crippen molar-refractivity contribution in [3.63, 3.8) is 0 Å². The number of hydrogen-bond acceptors (Lipinski definition) is 4. The Kier molecular flexibility index (Phi) is 6.28. The lowest BCUT2D eigenvalue weighted by Gasteiger charge is -2.18. The van der Waals surface area contributed by atoms with Crippen LogP contribution in [0.1, 0.15) is 25.5 Å². The molecular formula is C25H22FN3OS. The quantitative estimate of drug-likeness (QED) is 0.392. The lowest BCUT2D eigenvalue weighted by Crippen LogP contribution is -2.33. The molecule has 0 unspecified atom stereocenters. The number of carbonyl (C=O) groups excluding carboxylic acids is 1. The van der Waals surface area contributed by atoms with Gasteiger partial charge in [-0.2, -0.15) is 0 Å². The van der Waals surface area contributed by atoms with Gasteiger partial charge in [-0.3, -0.25) is 4.79 Å². The van der Waals surface area contributed by atoms with E-state index in [0.29, 0.717) is 5.03 Å². The Morgan fingerprint density at radius 2 is 1.52 bits per heavy atom. The number of rotatable bonds is 6. The molecule has 0 spiro atoms. The second kappa shape index (κ2) is 9.27. The molecule has 1 aromatic heterocycles. The van der Waals surface area contributed by atoms with Crippen molar-refractivity contribution >= 4 is 28.4 Å². The van der Waals surface area contributed by atoms with Crippen LogP contribution in [0.25, 0.3) is 22.0 Å². The van der Waals surface area contributed by atoms with E-state index >= 15 is 0 Å². The molecule has 3 aromatic carbocycles. The van der Waals surface area contributed by atoms with Crippen LogP contribution < -0.4 is 5.32 Å². The lowest BCUT2D eigenvalue weighted by atomic mass is 10.1. The second-order valence-corrected chi connectivity index (χ2v) is 8.64. The predicted octanol–water partition coefficient (Wildman–Crippen LogP) is 5.79. The Morgan fingerprint density at radius 3 is 2.23 bits per heavy atom. The van der Waals surface area contributed by atoms with Gasteiger partial charge in [0.1, 0.15) is 16.5 Å². The molecule has 4 nitrogen and oxygen atoms in total. The summed E-state index contributed by atoms with van der Waals surface area (Å²) >= 11 is 1.38. The molecule has 0 saturated heterocycles. The lowest BCUT2D eigenvalue weighted by molar-refractivity contribution is -0.120. The fourth-order valence-electron chi connectivity index (χ4n) is 3.36. The second-order valence-electron chi connectivity index (χ2n) is 7.31. The van der Waals surface area contributed by atoms with Gasteiger partial charge in [0.05, 0.1) is 11.3 Å². The molecule has 1 N–H and O–H groups in total. The van der Waals surface area contributed by atoms with Gasteiger partial charge in [-0.25, -0.2) is 4.39 Å². The van der Waals surface area contributed by atoms with Crippen LogP contribution >= 0.6 is 11.8 Å². The predicted molar refractivity (Wildman–Crippen MR) is 123 cm³/mol. The highest BCUT2D eigenvalue weighted by atomic mass is 32.2. The first-order valence-electron chi connectivity index (χ1n) is 10.1. The molecule has 1 amide bonds. The number of hydrogen-bond donors (Lipinski definition) is 1. The van der Waals surface area contributed by atoms with Crippen LogP contribution in [0.3, 0.4) is 0 Å². The molecule has 0 aliphatic carbocycles. The summed E-state index contributed by atoms with van der Waals surface area (Å²) in [5.41, 5.74) is 2.67. The van der Waals surface area contributed by atoms with E-state index in [1.807, 2.05) is 68.4 Å². The van der Waals surface area contributed by atoms with Crippen LogP contribution in [0.4, 0.5) is 4.39 Å². The number of carbonyl (C=O) groups is 1. The summed E-state index contributed by atoms with van der Waals surface area (Å²) in [6.45, 7) is 3.73. The number of nitrogens with zero attached hydrogens (tertiary/aromatic N) is 2. The third kappa shape index (κ3) is 4.75. The monoisotopic (exact) mass is 431 g/mol. The third-order valence-corrected chi connectivity index (χ3v) is 6.18. The SMILES string of the molecule is C[C@H](Sc1nnc(-c2ccccc2)c2ccccc12)C(=O)N[C@@H](C)c1ccc(F)cc1. The first kappa shape index (κ1) is 21.0. The van der Waals surface area contributed by atoms with Crippen LogP contribution in [0.2, 0.25) is 0 Å². The van der Waals surface area contributed by atoms with E-state index in [4.69, 9.17) is 0 Å². The van der Waals surface area contributed by atoms with Crippen molar-refractivity contribution in [2.75, 3.05) is 0 Å². The first-order valence-corrected chi connectivity index (χ1v) is 10.9. The molecule has 0 saturated carbocycles. The highest BCUT2D eigenvalue weighted by molar-refractivity contribution is 8.00. The smallest absolute Gasteiger partial charge is 0.233 e. The number of nitrogens with one attached hydrogen (secondary N) is 1. The summed E-state index contributed by atoms with van der Waals surface area (Å²) in [7, 11) is 0. The van der Waals surface area contributed by atoms with Crippen LogP contribution in [-0.2, 0) is 4.79 Å². The van der Waals surface area contributed by atoms with Crippen LogP contribution in [0.5, 0.6) is 0 Å². The highest BCUT2D eigenvalue weighted by Crippen LogP contribution is 2.33. The Bertz CT molecular complexity index is 1200. The zero-order chi connectivity index (χ0) is 21.8. The van der Waals surface area contributed by atoms with Gasteiger partial charge in [-0.05, 0) is 31.5 Å². The normalized spacial score (nSPS) is 13.0. The molecule has 2 atom stereocenters. The van der Waals surface area contributed by atoms with Crippen molar-refractivity contribution in [1.29, 1.82) is 0 Å². The van der Waals surface area contributed by atoms with E-state index in [-0.39, 0.29) is 23.0 Å². The molecule has 4 aromatic rings. The molecule has 156 valence electrons. The first-order chi connectivity index (χ1) is 15.0. The molecule has 0 aliphatic heterocycles. The molecule has 0 fully saturated rings. The number of fused-ring (bicyclic) bond motifs is 1. The molecule has 4 rings (SSSR count). The molecule has 6 heteroatoms. The van der Waals surface area contributed by atoms with Gasteiger partial charge in [0, 0.05) is 16.3 Å². The Balaban J connectivity index is 1.54. The van der Waals surface area contributed by atoms with Gasteiger partial charge in [0.15, 0.2) is 0 Å². The maximum atomic E-state index is 13.1. The van der Waals surface area contributed by atoms with Crippen molar-refractivity contribution in [2.24, 2.45) is 0 Å². The van der Waals surface area contributed by atoms with Gasteiger partial charge >= 0.3 is 0 Å². The third-order valence-electron chi connectivity index (χ3n) is 5.09. The Hall–Kier alpha value is -3.25. The van der Waals surface area contributed by atoms with E-state index in [1.54, 1.807) is 12.1 Å². The largest absolute Gasteiger partial charge is 0.349 e. The maximum Gasteiger partial charge on any atom is 0.233 e. The summed E-state index contributed by atoms with van der Waals surface area (Å²) in [5.74, 6) is -0.407. The van der Waals surface area contributed by atoms with Gasteiger partial charge in [-0.15, -0.1) is 10.2 Å².